The van der Waals surface area contributed by atoms with Crippen molar-refractivity contribution in [1.82, 2.24) is 5.43 Å². The van der Waals surface area contributed by atoms with Gasteiger partial charge in [0.05, 0.1) is 0 Å². The van der Waals surface area contributed by atoms with Crippen LogP contribution in [-0.4, -0.2) is 11.6 Å². The van der Waals surface area contributed by atoms with Crippen molar-refractivity contribution in [2.75, 3.05) is 0 Å². The van der Waals surface area contributed by atoms with Gasteiger partial charge in [0.15, 0.2) is 0 Å². The first-order chi connectivity index (χ1) is 5.38. The van der Waals surface area contributed by atoms with Crippen molar-refractivity contribution < 1.29 is 4.79 Å². The zero-order chi connectivity index (χ0) is 9.78. The van der Waals surface area contributed by atoms with Crippen LogP contribution in [0.3, 0.4) is 0 Å². The average Bonchev–Trinajstić information content (AvgIpc) is 1.85. The molecule has 0 aliphatic heterocycles. The summed E-state index contributed by atoms with van der Waals surface area (Å²) < 4.78 is 0. The zero-order valence-corrected chi connectivity index (χ0v) is 8.56. The summed E-state index contributed by atoms with van der Waals surface area (Å²) in [6.07, 6.45) is 0.865. The summed E-state index contributed by atoms with van der Waals surface area (Å²) in [6.45, 7) is 9.73. The molecule has 3 nitrogen and oxygen atoms in total. The minimum absolute atomic E-state index is 0.0389. The van der Waals surface area contributed by atoms with Crippen LogP contribution in [-0.2, 0) is 4.79 Å². The van der Waals surface area contributed by atoms with Gasteiger partial charge in [-0.1, -0.05) is 27.7 Å². The minimum atomic E-state index is -0.120. The van der Waals surface area contributed by atoms with Crippen molar-refractivity contribution in [2.24, 2.45) is 10.5 Å². The average molecular weight is 170 g/mol. The fraction of sp³-hybridized carbons (Fsp3) is 0.778. The lowest BCUT2D eigenvalue weighted by Gasteiger charge is -2.19. The number of nitrogens with zero attached hydrogens (tertiary/aromatic N) is 1. The maximum atomic E-state index is 10.6. The number of rotatable bonds is 2. The molecule has 1 N–H and O–H groups in total. The molecule has 0 aliphatic rings. The summed E-state index contributed by atoms with van der Waals surface area (Å²) in [6, 6.07) is 0. The van der Waals surface area contributed by atoms with Gasteiger partial charge in [0.2, 0.25) is 5.91 Å². The molecule has 0 rings (SSSR count). The highest BCUT2D eigenvalue weighted by Crippen LogP contribution is 2.17. The molecule has 0 aromatic heterocycles. The van der Waals surface area contributed by atoms with Gasteiger partial charge in [0.1, 0.15) is 0 Å². The Bertz CT molecular complexity index is 189. The maximum Gasteiger partial charge on any atom is 0.236 e. The van der Waals surface area contributed by atoms with Crippen LogP contribution in [0.4, 0.5) is 0 Å². The maximum absolute atomic E-state index is 10.6. The van der Waals surface area contributed by atoms with Crippen molar-refractivity contribution in [2.45, 2.75) is 41.0 Å². The van der Waals surface area contributed by atoms with E-state index in [4.69, 9.17) is 0 Å². The molecule has 0 bridgehead atoms. The second-order valence-corrected chi connectivity index (χ2v) is 3.83. The van der Waals surface area contributed by atoms with Crippen molar-refractivity contribution in [3.05, 3.63) is 0 Å². The normalized spacial score (nSPS) is 12.9. The fourth-order valence-electron chi connectivity index (χ4n) is 0.923. The van der Waals surface area contributed by atoms with Gasteiger partial charge in [0.25, 0.3) is 0 Å². The van der Waals surface area contributed by atoms with Crippen LogP contribution in [0.15, 0.2) is 5.10 Å². The lowest BCUT2D eigenvalue weighted by molar-refractivity contribution is -0.118. The molecule has 12 heavy (non-hydrogen) atoms. The topological polar surface area (TPSA) is 41.5 Å². The zero-order valence-electron chi connectivity index (χ0n) is 8.56. The second-order valence-electron chi connectivity index (χ2n) is 3.83. The third-order valence-electron chi connectivity index (χ3n) is 1.55. The Kier molecular flexibility index (Phi) is 3.93. The molecule has 1 amide bonds. The summed E-state index contributed by atoms with van der Waals surface area (Å²) >= 11 is 0. The molecular formula is C9H18N2O. The quantitative estimate of drug-likeness (QED) is 0.499. The lowest BCUT2D eigenvalue weighted by atomic mass is 9.88. The van der Waals surface area contributed by atoms with Gasteiger partial charge >= 0.3 is 0 Å². The van der Waals surface area contributed by atoms with E-state index in [0.717, 1.165) is 12.1 Å². The number of hydrogen-bond acceptors (Lipinski definition) is 2. The van der Waals surface area contributed by atoms with Gasteiger partial charge in [-0.3, -0.25) is 4.79 Å². The summed E-state index contributed by atoms with van der Waals surface area (Å²) in [5, 5.41) is 4.03. The van der Waals surface area contributed by atoms with Crippen LogP contribution in [0.2, 0.25) is 0 Å². The van der Waals surface area contributed by atoms with Gasteiger partial charge in [0, 0.05) is 18.1 Å². The smallest absolute Gasteiger partial charge is 0.236 e. The number of amides is 1. The molecule has 0 atom stereocenters. The number of hydrogen-bond donors (Lipinski definition) is 1. The van der Waals surface area contributed by atoms with Gasteiger partial charge in [-0.15, -0.1) is 0 Å². The predicted molar refractivity (Wildman–Crippen MR) is 51.0 cm³/mol. The first-order valence-electron chi connectivity index (χ1n) is 4.21. The SMILES string of the molecule is CC/C(=N/NC(C)=O)C(C)(C)C. The molecule has 0 aliphatic carbocycles. The molecule has 70 valence electrons. The van der Waals surface area contributed by atoms with Crippen LogP contribution in [0, 0.1) is 5.41 Å². The first-order valence-corrected chi connectivity index (χ1v) is 4.21. The number of carbonyl (C=O) groups excluding carboxylic acids is 1. The van der Waals surface area contributed by atoms with E-state index in [-0.39, 0.29) is 11.3 Å². The Morgan fingerprint density at radius 1 is 1.42 bits per heavy atom. The van der Waals surface area contributed by atoms with E-state index in [1.54, 1.807) is 0 Å². The third-order valence-corrected chi connectivity index (χ3v) is 1.55. The number of carbonyl (C=O) groups is 1. The summed E-state index contributed by atoms with van der Waals surface area (Å²) in [5.74, 6) is -0.120. The molecular weight excluding hydrogens is 152 g/mol. The molecule has 0 spiro atoms. The molecule has 0 aromatic carbocycles. The van der Waals surface area contributed by atoms with E-state index in [0.29, 0.717) is 0 Å². The van der Waals surface area contributed by atoms with Crippen LogP contribution in [0.25, 0.3) is 0 Å². The van der Waals surface area contributed by atoms with Crippen molar-refractivity contribution in [1.29, 1.82) is 0 Å². The minimum Gasteiger partial charge on any atom is -0.274 e. The van der Waals surface area contributed by atoms with E-state index in [1.807, 2.05) is 6.92 Å². The van der Waals surface area contributed by atoms with Gasteiger partial charge < -0.3 is 0 Å². The monoisotopic (exact) mass is 170 g/mol. The molecule has 0 radical (unpaired) electrons. The van der Waals surface area contributed by atoms with Crippen LogP contribution in [0.1, 0.15) is 41.0 Å². The fourth-order valence-corrected chi connectivity index (χ4v) is 0.923. The summed E-state index contributed by atoms with van der Waals surface area (Å²) in [4.78, 5) is 10.6. The molecule has 0 unspecified atom stereocenters. The van der Waals surface area contributed by atoms with Crippen LogP contribution < -0.4 is 5.43 Å². The lowest BCUT2D eigenvalue weighted by Crippen LogP contribution is -2.24. The Labute approximate surface area is 74.2 Å². The highest BCUT2D eigenvalue weighted by molar-refractivity contribution is 5.90. The highest BCUT2D eigenvalue weighted by atomic mass is 16.2. The molecule has 0 heterocycles. The Balaban J connectivity index is 4.34. The number of nitrogens with one attached hydrogen (secondary N) is 1. The Morgan fingerprint density at radius 3 is 2.17 bits per heavy atom. The van der Waals surface area contributed by atoms with E-state index >= 15 is 0 Å². The number of hydrazone groups is 1. The molecule has 0 saturated heterocycles. The standard InChI is InChI=1S/C9H18N2O/c1-6-8(9(3,4)5)11-10-7(2)12/h6H2,1-5H3,(H,10,12)/b11-8-. The highest BCUT2D eigenvalue weighted by Gasteiger charge is 2.16. The van der Waals surface area contributed by atoms with E-state index < -0.39 is 0 Å². The second kappa shape index (κ2) is 4.24. The Hall–Kier alpha value is -0.860. The van der Waals surface area contributed by atoms with Crippen LogP contribution >= 0.6 is 0 Å². The van der Waals surface area contributed by atoms with Crippen molar-refractivity contribution in [3.63, 3.8) is 0 Å². The van der Waals surface area contributed by atoms with E-state index in [2.05, 4.69) is 31.3 Å². The molecule has 0 fully saturated rings. The molecule has 0 aromatic rings. The van der Waals surface area contributed by atoms with Gasteiger partial charge in [-0.2, -0.15) is 5.10 Å². The van der Waals surface area contributed by atoms with E-state index in [9.17, 15) is 4.79 Å². The van der Waals surface area contributed by atoms with E-state index in [1.165, 1.54) is 6.92 Å². The molecule has 3 heteroatoms. The van der Waals surface area contributed by atoms with Gasteiger partial charge in [-0.25, -0.2) is 5.43 Å². The molecule has 0 saturated carbocycles. The predicted octanol–water partition coefficient (Wildman–Crippen LogP) is 1.93. The van der Waals surface area contributed by atoms with Crippen molar-refractivity contribution >= 4 is 11.6 Å². The van der Waals surface area contributed by atoms with Crippen LogP contribution in [0.5, 0.6) is 0 Å². The van der Waals surface area contributed by atoms with Crippen molar-refractivity contribution in [3.8, 4) is 0 Å². The Morgan fingerprint density at radius 2 is 1.92 bits per heavy atom. The summed E-state index contributed by atoms with van der Waals surface area (Å²) in [7, 11) is 0. The largest absolute Gasteiger partial charge is 0.274 e. The summed E-state index contributed by atoms with van der Waals surface area (Å²) in [5.41, 5.74) is 3.50. The van der Waals surface area contributed by atoms with Gasteiger partial charge in [-0.05, 0) is 6.42 Å². The first kappa shape index (κ1) is 11.1. The third kappa shape index (κ3) is 4.11.